The van der Waals surface area contributed by atoms with Gasteiger partial charge in [-0.15, -0.1) is 0 Å². The van der Waals surface area contributed by atoms with Gasteiger partial charge < -0.3 is 14.6 Å². The predicted molar refractivity (Wildman–Crippen MR) is 113 cm³/mol. The zero-order valence-corrected chi connectivity index (χ0v) is 17.9. The van der Waals surface area contributed by atoms with Crippen LogP contribution in [0.3, 0.4) is 0 Å². The van der Waals surface area contributed by atoms with Crippen LogP contribution in [0.15, 0.2) is 28.8 Å². The molecule has 30 heavy (non-hydrogen) atoms. The van der Waals surface area contributed by atoms with Gasteiger partial charge in [0.15, 0.2) is 0 Å². The van der Waals surface area contributed by atoms with Crippen molar-refractivity contribution < 1.29 is 14.1 Å². The number of rotatable bonds is 7. The molecule has 4 aliphatic rings. The van der Waals surface area contributed by atoms with Crippen molar-refractivity contribution >= 4 is 5.91 Å². The van der Waals surface area contributed by atoms with Gasteiger partial charge in [-0.25, -0.2) is 0 Å². The number of hydrogen-bond acceptors (Lipinski definition) is 5. The molecule has 6 rings (SSSR count). The van der Waals surface area contributed by atoms with Crippen LogP contribution < -0.4 is 10.1 Å². The number of carbonyl (C=O) groups excluding carboxylic acids is 1. The van der Waals surface area contributed by atoms with Crippen molar-refractivity contribution in [2.24, 2.45) is 23.2 Å². The lowest BCUT2D eigenvalue weighted by Crippen LogP contribution is -2.55. The number of nitrogens with zero attached hydrogens (tertiary/aromatic N) is 2. The number of benzene rings is 1. The summed E-state index contributed by atoms with van der Waals surface area (Å²) in [6.07, 6.45) is 9.01. The number of methoxy groups -OCH3 is 1. The molecule has 4 bridgehead atoms. The standard InChI is InChI=1S/C24H31N3O3/c1-15(24-12-16-9-17(13-24)11-18(10-16)14-24)25-21(28)7-8-22-26-23(27-30-22)19-3-5-20(29-2)6-4-19/h3-6,15-18H,7-14H2,1-2H3,(H,25,28). The largest absolute Gasteiger partial charge is 0.497 e. The molecular formula is C24H31N3O3. The van der Waals surface area contributed by atoms with Gasteiger partial charge in [0.1, 0.15) is 5.75 Å². The molecule has 0 saturated heterocycles. The van der Waals surface area contributed by atoms with E-state index in [0.29, 0.717) is 30.0 Å². The number of aromatic nitrogens is 2. The minimum Gasteiger partial charge on any atom is -0.497 e. The van der Waals surface area contributed by atoms with E-state index >= 15 is 0 Å². The van der Waals surface area contributed by atoms with Crippen molar-refractivity contribution in [3.05, 3.63) is 30.2 Å². The minimum atomic E-state index is 0.0856. The molecule has 1 N–H and O–H groups in total. The molecular weight excluding hydrogens is 378 g/mol. The summed E-state index contributed by atoms with van der Waals surface area (Å²) in [6, 6.07) is 7.77. The van der Waals surface area contributed by atoms with Gasteiger partial charge in [-0.1, -0.05) is 5.16 Å². The number of carbonyl (C=O) groups is 1. The molecule has 0 spiro atoms. The summed E-state index contributed by atoms with van der Waals surface area (Å²) in [5, 5.41) is 7.36. The fourth-order valence-electron chi connectivity index (χ4n) is 6.61. The molecule has 4 saturated carbocycles. The summed E-state index contributed by atoms with van der Waals surface area (Å²) >= 11 is 0. The van der Waals surface area contributed by atoms with Crippen LogP contribution in [0.4, 0.5) is 0 Å². The Balaban J connectivity index is 1.15. The molecule has 1 unspecified atom stereocenters. The maximum atomic E-state index is 12.7. The van der Waals surface area contributed by atoms with E-state index < -0.39 is 0 Å². The van der Waals surface area contributed by atoms with Crippen LogP contribution in [0.25, 0.3) is 11.4 Å². The van der Waals surface area contributed by atoms with Crippen LogP contribution in [0.5, 0.6) is 5.75 Å². The third-order valence-corrected chi connectivity index (χ3v) is 7.76. The van der Waals surface area contributed by atoms with Crippen LogP contribution in [0.1, 0.15) is 57.8 Å². The van der Waals surface area contributed by atoms with E-state index in [2.05, 4.69) is 22.4 Å². The van der Waals surface area contributed by atoms with E-state index in [0.717, 1.165) is 29.1 Å². The van der Waals surface area contributed by atoms with Gasteiger partial charge in [0.05, 0.1) is 7.11 Å². The maximum absolute atomic E-state index is 12.7. The number of ether oxygens (including phenoxy) is 1. The van der Waals surface area contributed by atoms with Crippen molar-refractivity contribution in [2.45, 2.75) is 64.3 Å². The van der Waals surface area contributed by atoms with Gasteiger partial charge in [0, 0.05) is 24.4 Å². The second-order valence-corrected chi connectivity index (χ2v) is 9.81. The van der Waals surface area contributed by atoms with Gasteiger partial charge in [-0.3, -0.25) is 4.79 Å². The van der Waals surface area contributed by atoms with Crippen LogP contribution in [-0.2, 0) is 11.2 Å². The highest BCUT2D eigenvalue weighted by Gasteiger charge is 2.53. The molecule has 0 aliphatic heterocycles. The van der Waals surface area contributed by atoms with Gasteiger partial charge in [-0.05, 0) is 92.9 Å². The molecule has 1 aromatic heterocycles. The average molecular weight is 410 g/mol. The second-order valence-electron chi connectivity index (χ2n) is 9.81. The Kier molecular flexibility index (Phi) is 5.03. The van der Waals surface area contributed by atoms with Crippen molar-refractivity contribution in [1.82, 2.24) is 15.5 Å². The third-order valence-electron chi connectivity index (χ3n) is 7.76. The molecule has 1 atom stereocenters. The molecule has 4 fully saturated rings. The van der Waals surface area contributed by atoms with Crippen LogP contribution in [-0.4, -0.2) is 29.2 Å². The van der Waals surface area contributed by atoms with Gasteiger partial charge in [0.25, 0.3) is 0 Å². The Labute approximate surface area is 177 Å². The summed E-state index contributed by atoms with van der Waals surface area (Å²) in [6.45, 7) is 2.22. The van der Waals surface area contributed by atoms with Crippen molar-refractivity contribution in [3.63, 3.8) is 0 Å². The summed E-state index contributed by atoms with van der Waals surface area (Å²) in [5.41, 5.74) is 1.20. The average Bonchev–Trinajstić information content (AvgIpc) is 3.20. The fourth-order valence-corrected chi connectivity index (χ4v) is 6.61. The van der Waals surface area contributed by atoms with Crippen molar-refractivity contribution in [1.29, 1.82) is 0 Å². The first-order valence-corrected chi connectivity index (χ1v) is 11.3. The molecule has 160 valence electrons. The molecule has 4 aliphatic carbocycles. The summed E-state index contributed by atoms with van der Waals surface area (Å²) in [5.74, 6) is 4.59. The van der Waals surface area contributed by atoms with Crippen molar-refractivity contribution in [2.75, 3.05) is 7.11 Å². The molecule has 1 amide bonds. The lowest BCUT2D eigenvalue weighted by molar-refractivity contribution is -0.125. The lowest BCUT2D eigenvalue weighted by atomic mass is 9.48. The number of nitrogens with one attached hydrogen (secondary N) is 1. The van der Waals surface area contributed by atoms with E-state index in [1.54, 1.807) is 7.11 Å². The van der Waals surface area contributed by atoms with Gasteiger partial charge in [0.2, 0.25) is 17.6 Å². The van der Waals surface area contributed by atoms with E-state index in [9.17, 15) is 4.79 Å². The maximum Gasteiger partial charge on any atom is 0.227 e. The Morgan fingerprint density at radius 3 is 2.40 bits per heavy atom. The zero-order valence-electron chi connectivity index (χ0n) is 17.9. The summed E-state index contributed by atoms with van der Waals surface area (Å²) in [7, 11) is 1.64. The molecule has 0 radical (unpaired) electrons. The van der Waals surface area contributed by atoms with Gasteiger partial charge in [-0.2, -0.15) is 4.98 Å². The molecule has 6 heteroatoms. The summed E-state index contributed by atoms with van der Waals surface area (Å²) < 4.78 is 10.5. The lowest BCUT2D eigenvalue weighted by Gasteiger charge is -2.59. The van der Waals surface area contributed by atoms with Crippen LogP contribution in [0.2, 0.25) is 0 Å². The Bertz CT molecular complexity index is 869. The monoisotopic (exact) mass is 409 g/mol. The first-order valence-electron chi connectivity index (χ1n) is 11.3. The van der Waals surface area contributed by atoms with E-state index in [1.807, 2.05) is 24.3 Å². The van der Waals surface area contributed by atoms with Crippen LogP contribution >= 0.6 is 0 Å². The SMILES string of the molecule is COc1ccc(-c2noc(CCC(=O)NC(C)C34CC5CC(CC(C5)C3)C4)n2)cc1. The van der Waals surface area contributed by atoms with E-state index in [-0.39, 0.29) is 11.9 Å². The molecule has 1 aromatic carbocycles. The highest BCUT2D eigenvalue weighted by molar-refractivity contribution is 5.76. The number of hydrogen-bond donors (Lipinski definition) is 1. The van der Waals surface area contributed by atoms with Gasteiger partial charge >= 0.3 is 0 Å². The normalized spacial score (nSPS) is 30.3. The highest BCUT2D eigenvalue weighted by atomic mass is 16.5. The molecule has 1 heterocycles. The van der Waals surface area contributed by atoms with E-state index in [1.165, 1.54) is 38.5 Å². The zero-order chi connectivity index (χ0) is 20.7. The molecule has 6 nitrogen and oxygen atoms in total. The third kappa shape index (κ3) is 3.72. The molecule has 2 aromatic rings. The number of aryl methyl sites for hydroxylation is 1. The minimum absolute atomic E-state index is 0.0856. The first kappa shape index (κ1) is 19.6. The Hall–Kier alpha value is -2.37. The Morgan fingerprint density at radius 1 is 1.17 bits per heavy atom. The highest BCUT2D eigenvalue weighted by Crippen LogP contribution is 2.61. The quantitative estimate of drug-likeness (QED) is 0.733. The van der Waals surface area contributed by atoms with E-state index in [4.69, 9.17) is 9.26 Å². The Morgan fingerprint density at radius 2 is 1.80 bits per heavy atom. The second kappa shape index (κ2) is 7.71. The first-order chi connectivity index (χ1) is 14.5. The topological polar surface area (TPSA) is 77.2 Å². The smallest absolute Gasteiger partial charge is 0.227 e. The number of amides is 1. The summed E-state index contributed by atoms with van der Waals surface area (Å²) in [4.78, 5) is 17.1. The van der Waals surface area contributed by atoms with Crippen LogP contribution in [0, 0.1) is 23.2 Å². The van der Waals surface area contributed by atoms with Crippen molar-refractivity contribution in [3.8, 4) is 17.1 Å². The predicted octanol–water partition coefficient (Wildman–Crippen LogP) is 4.40. The fraction of sp³-hybridized carbons (Fsp3) is 0.625.